The van der Waals surface area contributed by atoms with E-state index in [1.807, 2.05) is 0 Å². The Kier molecular flexibility index (Phi) is 5.70. The molecule has 1 aromatic heterocycles. The van der Waals surface area contributed by atoms with Crippen LogP contribution in [0.4, 0.5) is 0 Å². The van der Waals surface area contributed by atoms with Crippen molar-refractivity contribution in [1.29, 1.82) is 0 Å². The zero-order valence-electron chi connectivity index (χ0n) is 15.7. The van der Waals surface area contributed by atoms with Crippen LogP contribution in [0.25, 0.3) is 0 Å². The Morgan fingerprint density at radius 2 is 1.63 bits per heavy atom. The van der Waals surface area contributed by atoms with E-state index in [1.54, 1.807) is 13.8 Å². The van der Waals surface area contributed by atoms with Crippen molar-refractivity contribution in [3.8, 4) is 0 Å². The lowest BCUT2D eigenvalue weighted by Crippen LogP contribution is -2.25. The molecule has 1 N–H and O–H groups in total. The third kappa shape index (κ3) is 4.33. The van der Waals surface area contributed by atoms with Crippen LogP contribution in [0.1, 0.15) is 56.3 Å². The predicted octanol–water partition coefficient (Wildman–Crippen LogP) is 2.67. The number of sulfone groups is 1. The van der Waals surface area contributed by atoms with Gasteiger partial charge >= 0.3 is 5.97 Å². The average molecular weight is 391 g/mol. The number of ether oxygens (including phenoxy) is 1. The van der Waals surface area contributed by atoms with E-state index in [0.717, 1.165) is 6.26 Å². The first-order chi connectivity index (χ1) is 12.4. The molecule has 0 spiro atoms. The summed E-state index contributed by atoms with van der Waals surface area (Å²) >= 11 is 0. The van der Waals surface area contributed by atoms with Gasteiger partial charge in [-0.25, -0.2) is 13.2 Å². The number of Topliss-reactive ketones (excluding diaryl/α,β-unsaturated/α-hetero) is 2. The van der Waals surface area contributed by atoms with Crippen LogP contribution in [-0.2, 0) is 14.6 Å². The summed E-state index contributed by atoms with van der Waals surface area (Å²) in [7, 11) is -3.37. The number of hydrogen-bond acceptors (Lipinski definition) is 6. The Morgan fingerprint density at radius 1 is 1.07 bits per heavy atom. The number of esters is 1. The first kappa shape index (κ1) is 20.6. The van der Waals surface area contributed by atoms with Gasteiger partial charge in [-0.1, -0.05) is 0 Å². The molecule has 8 heteroatoms. The number of carbonyl (C=O) groups excluding carboxylic acids is 3. The summed E-state index contributed by atoms with van der Waals surface area (Å²) in [5.41, 5.74) is 1.91. The lowest BCUT2D eigenvalue weighted by atomic mass is 10.0. The number of ketones is 2. The van der Waals surface area contributed by atoms with Crippen LogP contribution in [0.2, 0.25) is 0 Å². The Labute approximate surface area is 157 Å². The minimum Gasteiger partial charge on any atom is -0.451 e. The summed E-state index contributed by atoms with van der Waals surface area (Å²) in [6.45, 7) is 6.21. The molecule has 0 aliphatic carbocycles. The highest BCUT2D eigenvalue weighted by Crippen LogP contribution is 2.21. The Bertz CT molecular complexity index is 1020. The number of benzene rings is 1. The molecule has 0 fully saturated rings. The zero-order valence-corrected chi connectivity index (χ0v) is 16.6. The second-order valence-corrected chi connectivity index (χ2v) is 8.41. The minimum atomic E-state index is -3.37. The number of H-pyrrole nitrogens is 1. The Balaban J connectivity index is 2.18. The average Bonchev–Trinajstić information content (AvgIpc) is 2.87. The first-order valence-electron chi connectivity index (χ1n) is 8.19. The maximum absolute atomic E-state index is 12.6. The molecule has 2 rings (SSSR count). The van der Waals surface area contributed by atoms with Crippen LogP contribution >= 0.6 is 0 Å². The largest absolute Gasteiger partial charge is 0.451 e. The molecule has 7 nitrogen and oxygen atoms in total. The molecule has 1 aromatic carbocycles. The molecular formula is C19H21NO6S. The van der Waals surface area contributed by atoms with Crippen molar-refractivity contribution < 1.29 is 27.5 Å². The molecule has 1 unspecified atom stereocenters. The van der Waals surface area contributed by atoms with Crippen LogP contribution in [0, 0.1) is 13.8 Å². The van der Waals surface area contributed by atoms with Gasteiger partial charge in [-0.05, 0) is 57.5 Å². The van der Waals surface area contributed by atoms with E-state index in [4.69, 9.17) is 4.74 Å². The molecule has 0 saturated carbocycles. The quantitative estimate of drug-likeness (QED) is 0.599. The SMILES string of the molecule is CC(=O)c1c(C)[nH]c(C(=O)C(C)OC(=O)c2ccc(S(C)(=O)=O)cc2)c1C. The van der Waals surface area contributed by atoms with Crippen molar-refractivity contribution in [2.24, 2.45) is 0 Å². The third-order valence-corrected chi connectivity index (χ3v) is 5.34. The molecule has 2 aromatic rings. The van der Waals surface area contributed by atoms with Crippen molar-refractivity contribution in [2.45, 2.75) is 38.7 Å². The maximum Gasteiger partial charge on any atom is 0.338 e. The summed E-state index contributed by atoms with van der Waals surface area (Å²) in [4.78, 5) is 39.5. The Morgan fingerprint density at radius 3 is 2.07 bits per heavy atom. The van der Waals surface area contributed by atoms with Crippen LogP contribution in [0.15, 0.2) is 29.2 Å². The molecule has 0 aliphatic rings. The molecule has 1 atom stereocenters. The lowest BCUT2D eigenvalue weighted by Gasteiger charge is -2.12. The van der Waals surface area contributed by atoms with E-state index < -0.39 is 27.7 Å². The van der Waals surface area contributed by atoms with Gasteiger partial charge in [-0.2, -0.15) is 0 Å². The molecule has 0 bridgehead atoms. The number of nitrogens with one attached hydrogen (secondary N) is 1. The van der Waals surface area contributed by atoms with Gasteiger partial charge in [-0.3, -0.25) is 9.59 Å². The van der Waals surface area contributed by atoms with Gasteiger partial charge in [0.25, 0.3) is 0 Å². The highest BCUT2D eigenvalue weighted by Gasteiger charge is 2.26. The van der Waals surface area contributed by atoms with E-state index in [-0.39, 0.29) is 21.9 Å². The molecule has 0 radical (unpaired) electrons. The monoisotopic (exact) mass is 391 g/mol. The summed E-state index contributed by atoms with van der Waals surface area (Å²) in [6.07, 6.45) is -0.0134. The van der Waals surface area contributed by atoms with Crippen molar-refractivity contribution in [2.75, 3.05) is 6.26 Å². The number of rotatable bonds is 6. The van der Waals surface area contributed by atoms with Gasteiger partial charge in [0, 0.05) is 17.5 Å². The van der Waals surface area contributed by atoms with Crippen molar-refractivity contribution >= 4 is 27.4 Å². The van der Waals surface area contributed by atoms with Crippen LogP contribution in [-0.4, -0.2) is 43.3 Å². The fourth-order valence-corrected chi connectivity index (χ4v) is 3.48. The molecule has 0 amide bonds. The van der Waals surface area contributed by atoms with Gasteiger partial charge < -0.3 is 9.72 Å². The number of aryl methyl sites for hydroxylation is 1. The van der Waals surface area contributed by atoms with Gasteiger partial charge in [0.2, 0.25) is 5.78 Å². The zero-order chi connectivity index (χ0) is 20.5. The van der Waals surface area contributed by atoms with E-state index in [9.17, 15) is 22.8 Å². The normalized spacial score (nSPS) is 12.5. The molecule has 1 heterocycles. The minimum absolute atomic E-state index is 0.0809. The summed E-state index contributed by atoms with van der Waals surface area (Å²) in [5, 5.41) is 0. The van der Waals surface area contributed by atoms with Crippen LogP contribution < -0.4 is 0 Å². The lowest BCUT2D eigenvalue weighted by molar-refractivity contribution is 0.0317. The van der Waals surface area contributed by atoms with Crippen molar-refractivity contribution in [3.05, 3.63) is 52.3 Å². The fourth-order valence-electron chi connectivity index (χ4n) is 2.85. The molecule has 27 heavy (non-hydrogen) atoms. The Hall–Kier alpha value is -2.74. The molecule has 0 aliphatic heterocycles. The standard InChI is InChI=1S/C19H21NO6S/c1-10-16(12(3)21)11(2)20-17(10)18(22)13(4)26-19(23)14-6-8-15(9-7-14)27(5,24)25/h6-9,13,20H,1-5H3. The number of aromatic nitrogens is 1. The topological polar surface area (TPSA) is 110 Å². The fraction of sp³-hybridized carbons (Fsp3) is 0.316. The predicted molar refractivity (Wildman–Crippen MR) is 99.0 cm³/mol. The van der Waals surface area contributed by atoms with Crippen molar-refractivity contribution in [1.82, 2.24) is 4.98 Å². The number of hydrogen-bond donors (Lipinski definition) is 1. The van der Waals surface area contributed by atoms with E-state index >= 15 is 0 Å². The summed E-state index contributed by atoms with van der Waals surface area (Å²) in [6, 6.07) is 5.26. The van der Waals surface area contributed by atoms with E-state index in [1.165, 1.54) is 38.1 Å². The smallest absolute Gasteiger partial charge is 0.338 e. The highest BCUT2D eigenvalue weighted by atomic mass is 32.2. The van der Waals surface area contributed by atoms with Crippen molar-refractivity contribution in [3.63, 3.8) is 0 Å². The van der Waals surface area contributed by atoms with E-state index in [0.29, 0.717) is 16.8 Å². The second-order valence-electron chi connectivity index (χ2n) is 6.39. The van der Waals surface area contributed by atoms with Gasteiger partial charge in [0.1, 0.15) is 0 Å². The first-order valence-corrected chi connectivity index (χ1v) is 10.1. The van der Waals surface area contributed by atoms with Crippen LogP contribution in [0.5, 0.6) is 0 Å². The molecule has 144 valence electrons. The van der Waals surface area contributed by atoms with Gasteiger partial charge in [0.05, 0.1) is 16.2 Å². The van der Waals surface area contributed by atoms with Crippen LogP contribution in [0.3, 0.4) is 0 Å². The highest BCUT2D eigenvalue weighted by molar-refractivity contribution is 7.90. The molecule has 0 saturated heterocycles. The van der Waals surface area contributed by atoms with Gasteiger partial charge in [0.15, 0.2) is 21.7 Å². The maximum atomic E-state index is 12.6. The second kappa shape index (κ2) is 7.48. The summed E-state index contributed by atoms with van der Waals surface area (Å²) in [5.74, 6) is -1.36. The summed E-state index contributed by atoms with van der Waals surface area (Å²) < 4.78 is 28.1. The number of aromatic amines is 1. The van der Waals surface area contributed by atoms with E-state index in [2.05, 4.69) is 4.98 Å². The molecular weight excluding hydrogens is 370 g/mol. The third-order valence-electron chi connectivity index (χ3n) is 4.21. The van der Waals surface area contributed by atoms with Gasteiger partial charge in [-0.15, -0.1) is 0 Å². The number of carbonyl (C=O) groups is 3.